The molecule has 6 nitrogen and oxygen atoms in total. The van der Waals surface area contributed by atoms with Crippen LogP contribution in [-0.2, 0) is 0 Å². The standard InChI is InChI=1S/C21H30BrN3O3/c1-23-9-16(26)11-28-19-5-17(18(22)10-24-19)20(27)25-12-21-6-13-2-14(7-21)4-15(3-13)8-21/h5,10,13-16,23,26H,2-4,6-9,11-12H2,1H3,(H,25,27)/t13?,14?,15?,16-,21?/m1/s1. The number of nitrogens with zero attached hydrogens (tertiary/aromatic N) is 1. The first kappa shape index (κ1) is 20.1. The predicted octanol–water partition coefficient (Wildman–Crippen LogP) is 2.75. The van der Waals surface area contributed by atoms with E-state index in [1.54, 1.807) is 19.3 Å². The van der Waals surface area contributed by atoms with Crippen molar-refractivity contribution in [3.05, 3.63) is 22.3 Å². The lowest BCUT2D eigenvalue weighted by Gasteiger charge is -2.56. The Kier molecular flexibility index (Phi) is 5.95. The Morgan fingerprint density at radius 3 is 2.57 bits per heavy atom. The number of nitrogens with one attached hydrogen (secondary N) is 2. The predicted molar refractivity (Wildman–Crippen MR) is 110 cm³/mol. The van der Waals surface area contributed by atoms with Crippen molar-refractivity contribution in [1.82, 2.24) is 15.6 Å². The van der Waals surface area contributed by atoms with Crippen LogP contribution in [0.5, 0.6) is 5.88 Å². The van der Waals surface area contributed by atoms with Gasteiger partial charge in [0.25, 0.3) is 5.91 Å². The molecule has 0 unspecified atom stereocenters. The number of amides is 1. The number of aromatic nitrogens is 1. The molecule has 0 aromatic carbocycles. The van der Waals surface area contributed by atoms with Crippen molar-refractivity contribution in [2.45, 2.75) is 44.6 Å². The second-order valence-electron chi connectivity index (χ2n) is 9.13. The van der Waals surface area contributed by atoms with E-state index in [-0.39, 0.29) is 12.5 Å². The molecule has 1 heterocycles. The van der Waals surface area contributed by atoms with Gasteiger partial charge in [-0.15, -0.1) is 0 Å². The molecule has 4 bridgehead atoms. The molecule has 1 aromatic heterocycles. The number of aliphatic hydroxyl groups is 1. The topological polar surface area (TPSA) is 83.5 Å². The molecule has 4 saturated carbocycles. The number of carbonyl (C=O) groups excluding carboxylic acids is 1. The van der Waals surface area contributed by atoms with Crippen molar-refractivity contribution in [1.29, 1.82) is 0 Å². The van der Waals surface area contributed by atoms with Gasteiger partial charge in [0.15, 0.2) is 0 Å². The Labute approximate surface area is 175 Å². The number of likely N-dealkylation sites (N-methyl/N-ethyl adjacent to an activating group) is 1. The maximum absolute atomic E-state index is 12.9. The smallest absolute Gasteiger partial charge is 0.252 e. The highest BCUT2D eigenvalue weighted by Crippen LogP contribution is 2.59. The van der Waals surface area contributed by atoms with E-state index in [0.29, 0.717) is 27.9 Å². The Morgan fingerprint density at radius 2 is 1.96 bits per heavy atom. The van der Waals surface area contributed by atoms with Crippen LogP contribution in [0.3, 0.4) is 0 Å². The van der Waals surface area contributed by atoms with Crippen molar-refractivity contribution < 1.29 is 14.6 Å². The van der Waals surface area contributed by atoms with Crippen LogP contribution in [0.25, 0.3) is 0 Å². The zero-order chi connectivity index (χ0) is 19.7. The van der Waals surface area contributed by atoms with E-state index in [2.05, 4.69) is 31.5 Å². The van der Waals surface area contributed by atoms with E-state index in [9.17, 15) is 9.90 Å². The molecule has 0 spiro atoms. The van der Waals surface area contributed by atoms with Gasteiger partial charge in [0.2, 0.25) is 5.88 Å². The Morgan fingerprint density at radius 1 is 1.32 bits per heavy atom. The molecule has 28 heavy (non-hydrogen) atoms. The summed E-state index contributed by atoms with van der Waals surface area (Å²) >= 11 is 3.43. The average Bonchev–Trinajstić information content (AvgIpc) is 2.65. The van der Waals surface area contributed by atoms with Crippen LogP contribution in [0.15, 0.2) is 16.7 Å². The van der Waals surface area contributed by atoms with Crippen molar-refractivity contribution >= 4 is 21.8 Å². The van der Waals surface area contributed by atoms with Crippen LogP contribution in [-0.4, -0.2) is 48.8 Å². The monoisotopic (exact) mass is 451 g/mol. The van der Waals surface area contributed by atoms with E-state index >= 15 is 0 Å². The molecule has 154 valence electrons. The highest BCUT2D eigenvalue weighted by molar-refractivity contribution is 9.10. The molecule has 0 radical (unpaired) electrons. The highest BCUT2D eigenvalue weighted by atomic mass is 79.9. The fourth-order valence-electron chi connectivity index (χ4n) is 6.02. The van der Waals surface area contributed by atoms with Gasteiger partial charge in [0, 0.05) is 29.8 Å². The molecule has 3 N–H and O–H groups in total. The Balaban J connectivity index is 1.37. The van der Waals surface area contributed by atoms with Crippen LogP contribution >= 0.6 is 15.9 Å². The maximum Gasteiger partial charge on any atom is 0.252 e. The second-order valence-corrected chi connectivity index (χ2v) is 9.98. The van der Waals surface area contributed by atoms with Crippen molar-refractivity contribution in [2.75, 3.05) is 26.7 Å². The van der Waals surface area contributed by atoms with Crippen molar-refractivity contribution in [2.24, 2.45) is 23.2 Å². The molecule has 5 rings (SSSR count). The van der Waals surface area contributed by atoms with E-state index < -0.39 is 6.10 Å². The molecule has 4 fully saturated rings. The summed E-state index contributed by atoms with van der Waals surface area (Å²) in [5, 5.41) is 15.9. The molecule has 0 aliphatic heterocycles. The minimum absolute atomic E-state index is 0.0920. The Hall–Kier alpha value is -1.18. The molecule has 1 atom stereocenters. The van der Waals surface area contributed by atoms with E-state index in [0.717, 1.165) is 24.3 Å². The van der Waals surface area contributed by atoms with E-state index in [1.807, 2.05) is 0 Å². The van der Waals surface area contributed by atoms with Crippen LogP contribution in [0.1, 0.15) is 48.9 Å². The summed E-state index contributed by atoms with van der Waals surface area (Å²) in [4.78, 5) is 17.1. The third-order valence-electron chi connectivity index (χ3n) is 6.73. The first-order valence-corrected chi connectivity index (χ1v) is 11.1. The molecular formula is C21H30BrN3O3. The summed E-state index contributed by atoms with van der Waals surface area (Å²) in [6.45, 7) is 1.33. The number of carbonyl (C=O) groups is 1. The quantitative estimate of drug-likeness (QED) is 0.565. The van der Waals surface area contributed by atoms with Crippen LogP contribution < -0.4 is 15.4 Å². The van der Waals surface area contributed by atoms with Gasteiger partial charge >= 0.3 is 0 Å². The number of hydrogen-bond acceptors (Lipinski definition) is 5. The lowest BCUT2D eigenvalue weighted by Crippen LogP contribution is -2.51. The molecule has 1 amide bonds. The van der Waals surface area contributed by atoms with Gasteiger partial charge < -0.3 is 20.5 Å². The van der Waals surface area contributed by atoms with Crippen LogP contribution in [0.4, 0.5) is 0 Å². The number of pyridine rings is 1. The molecule has 0 saturated heterocycles. The number of aliphatic hydroxyl groups excluding tert-OH is 1. The SMILES string of the molecule is CNC[C@@H](O)COc1cc(C(=O)NCC23CC4CC(CC(C4)C2)C3)c(Br)cn1. The van der Waals surface area contributed by atoms with Gasteiger partial charge in [-0.1, -0.05) is 0 Å². The lowest BCUT2D eigenvalue weighted by molar-refractivity contribution is -0.0503. The third-order valence-corrected chi connectivity index (χ3v) is 7.36. The fourth-order valence-corrected chi connectivity index (χ4v) is 6.41. The maximum atomic E-state index is 12.9. The van der Waals surface area contributed by atoms with E-state index in [1.165, 1.54) is 38.5 Å². The number of rotatable bonds is 8. The van der Waals surface area contributed by atoms with Gasteiger partial charge in [0.05, 0.1) is 5.56 Å². The summed E-state index contributed by atoms with van der Waals surface area (Å²) in [7, 11) is 1.77. The summed E-state index contributed by atoms with van der Waals surface area (Å²) in [5.41, 5.74) is 0.832. The minimum Gasteiger partial charge on any atom is -0.475 e. The molecule has 7 heteroatoms. The summed E-state index contributed by atoms with van der Waals surface area (Å²) in [6, 6.07) is 1.64. The zero-order valence-corrected chi connectivity index (χ0v) is 18.0. The van der Waals surface area contributed by atoms with Crippen molar-refractivity contribution in [3.8, 4) is 5.88 Å². The van der Waals surface area contributed by atoms with Gasteiger partial charge in [-0.3, -0.25) is 4.79 Å². The van der Waals surface area contributed by atoms with Gasteiger partial charge in [-0.05, 0) is 84.7 Å². The summed E-state index contributed by atoms with van der Waals surface area (Å²) in [5.74, 6) is 2.88. The number of halogens is 1. The normalized spacial score (nSPS) is 31.6. The summed E-state index contributed by atoms with van der Waals surface area (Å²) in [6.07, 6.45) is 9.00. The zero-order valence-electron chi connectivity index (χ0n) is 16.4. The molecule has 1 aromatic rings. The van der Waals surface area contributed by atoms with Gasteiger partial charge in [-0.2, -0.15) is 0 Å². The van der Waals surface area contributed by atoms with Gasteiger partial charge in [0.1, 0.15) is 12.7 Å². The molecule has 4 aliphatic rings. The van der Waals surface area contributed by atoms with Crippen molar-refractivity contribution in [3.63, 3.8) is 0 Å². The first-order valence-electron chi connectivity index (χ1n) is 10.4. The van der Waals surface area contributed by atoms with Crippen LogP contribution in [0.2, 0.25) is 0 Å². The second kappa shape index (κ2) is 8.28. The van der Waals surface area contributed by atoms with E-state index in [4.69, 9.17) is 4.74 Å². The largest absolute Gasteiger partial charge is 0.475 e. The molecular weight excluding hydrogens is 422 g/mol. The fraction of sp³-hybridized carbons (Fsp3) is 0.714. The third kappa shape index (κ3) is 4.36. The average molecular weight is 452 g/mol. The number of ether oxygens (including phenoxy) is 1. The molecule has 4 aliphatic carbocycles. The van der Waals surface area contributed by atoms with Crippen LogP contribution in [0, 0.1) is 23.2 Å². The highest BCUT2D eigenvalue weighted by Gasteiger charge is 2.50. The first-order chi connectivity index (χ1) is 13.5. The van der Waals surface area contributed by atoms with Gasteiger partial charge in [-0.25, -0.2) is 4.98 Å². The lowest BCUT2D eigenvalue weighted by atomic mass is 9.49. The Bertz CT molecular complexity index is 692. The minimum atomic E-state index is -0.621. The summed E-state index contributed by atoms with van der Waals surface area (Å²) < 4.78 is 6.19. The number of hydrogen-bond donors (Lipinski definition) is 3.